The molecule has 0 saturated heterocycles. The van der Waals surface area contributed by atoms with E-state index in [2.05, 4.69) is 10.3 Å². The fourth-order valence-electron chi connectivity index (χ4n) is 1.99. The summed E-state index contributed by atoms with van der Waals surface area (Å²) in [6.45, 7) is 0.897. The number of thiophene rings is 1. The highest BCUT2D eigenvalue weighted by Gasteiger charge is 2.22. The Bertz CT molecular complexity index is 352. The Morgan fingerprint density at radius 2 is 2.33 bits per heavy atom. The van der Waals surface area contributed by atoms with Crippen molar-refractivity contribution in [3.63, 3.8) is 0 Å². The first kappa shape index (κ1) is 6.66. The van der Waals surface area contributed by atoms with Crippen molar-refractivity contribution in [1.82, 2.24) is 0 Å². The number of nitrogens with zero attached hydrogens (tertiary/aromatic N) is 1. The first-order chi connectivity index (χ1) is 5.95. The van der Waals surface area contributed by atoms with Gasteiger partial charge in [0, 0.05) is 10.4 Å². The van der Waals surface area contributed by atoms with Gasteiger partial charge in [-0.2, -0.15) is 0 Å². The van der Waals surface area contributed by atoms with Crippen LogP contribution in [0, 0.1) is 0 Å². The van der Waals surface area contributed by atoms with Crippen molar-refractivity contribution in [3.8, 4) is 0 Å². The van der Waals surface area contributed by atoms with Gasteiger partial charge in [0.1, 0.15) is 0 Å². The summed E-state index contributed by atoms with van der Waals surface area (Å²) in [4.78, 5) is 5.83. The minimum absolute atomic E-state index is 0.897. The second-order valence-electron chi connectivity index (χ2n) is 3.28. The van der Waals surface area contributed by atoms with E-state index in [0.29, 0.717) is 0 Å². The summed E-state index contributed by atoms with van der Waals surface area (Å²) in [7, 11) is 0. The van der Waals surface area contributed by atoms with E-state index >= 15 is 0 Å². The second-order valence-corrected chi connectivity index (χ2v) is 4.38. The van der Waals surface area contributed by atoms with Crippen LogP contribution in [0.3, 0.4) is 0 Å². The minimum atomic E-state index is 0.897. The van der Waals surface area contributed by atoms with Crippen LogP contribution in [-0.2, 0) is 19.4 Å². The first-order valence-corrected chi connectivity index (χ1v) is 5.15. The molecule has 0 amide bonds. The highest BCUT2D eigenvalue weighted by molar-refractivity contribution is 7.16. The third kappa shape index (κ3) is 0.771. The Morgan fingerprint density at radius 1 is 1.33 bits per heavy atom. The third-order valence-corrected chi connectivity index (χ3v) is 3.83. The lowest BCUT2D eigenvalue weighted by molar-refractivity contribution is 0.903. The molecule has 0 saturated carbocycles. The van der Waals surface area contributed by atoms with Gasteiger partial charge < -0.3 is 5.32 Å². The summed E-state index contributed by atoms with van der Waals surface area (Å²) in [5, 5.41) is 4.56. The van der Waals surface area contributed by atoms with Crippen LogP contribution in [0.4, 0.5) is 5.00 Å². The van der Waals surface area contributed by atoms with E-state index < -0.39 is 0 Å². The van der Waals surface area contributed by atoms with E-state index in [9.17, 15) is 0 Å². The fraction of sp³-hybridized carbons (Fsp3) is 0.444. The molecule has 1 aromatic rings. The van der Waals surface area contributed by atoms with Gasteiger partial charge in [0.2, 0.25) is 0 Å². The van der Waals surface area contributed by atoms with Crippen LogP contribution in [0.15, 0.2) is 4.99 Å². The van der Waals surface area contributed by atoms with E-state index in [0.717, 1.165) is 6.54 Å². The molecule has 0 fully saturated rings. The number of hydrogen-bond acceptors (Lipinski definition) is 3. The fourth-order valence-corrected chi connectivity index (χ4v) is 3.26. The molecule has 0 spiro atoms. The van der Waals surface area contributed by atoms with Crippen molar-refractivity contribution in [2.45, 2.75) is 25.8 Å². The molecule has 1 aromatic heterocycles. The van der Waals surface area contributed by atoms with E-state index in [1.807, 2.05) is 17.7 Å². The van der Waals surface area contributed by atoms with Crippen molar-refractivity contribution < 1.29 is 0 Å². The van der Waals surface area contributed by atoms with Gasteiger partial charge in [0.05, 0.1) is 17.9 Å². The zero-order valence-corrected chi connectivity index (χ0v) is 7.58. The highest BCUT2D eigenvalue weighted by Crippen LogP contribution is 2.39. The molecule has 0 unspecified atom stereocenters. The van der Waals surface area contributed by atoms with Gasteiger partial charge in [0.15, 0.2) is 0 Å². The SMILES string of the molecule is C1=NCc2c(sc3c2CCC3)N1. The summed E-state index contributed by atoms with van der Waals surface area (Å²) in [6, 6.07) is 0. The van der Waals surface area contributed by atoms with Gasteiger partial charge in [-0.3, -0.25) is 4.99 Å². The summed E-state index contributed by atoms with van der Waals surface area (Å²) in [5.41, 5.74) is 3.06. The Hall–Kier alpha value is -0.830. The van der Waals surface area contributed by atoms with E-state index in [1.54, 1.807) is 10.4 Å². The van der Waals surface area contributed by atoms with Crippen molar-refractivity contribution in [2.24, 2.45) is 4.99 Å². The zero-order chi connectivity index (χ0) is 7.97. The van der Waals surface area contributed by atoms with Gasteiger partial charge in [-0.15, -0.1) is 11.3 Å². The smallest absolute Gasteiger partial charge is 0.0990 e. The van der Waals surface area contributed by atoms with Crippen LogP contribution in [0.5, 0.6) is 0 Å². The molecule has 3 heteroatoms. The maximum absolute atomic E-state index is 4.24. The average Bonchev–Trinajstić information content (AvgIpc) is 2.62. The lowest BCUT2D eigenvalue weighted by atomic mass is 10.1. The quantitative estimate of drug-likeness (QED) is 0.647. The Kier molecular flexibility index (Phi) is 1.29. The number of fused-ring (bicyclic) bond motifs is 3. The number of aliphatic imine (C=N–C) groups is 1. The summed E-state index contributed by atoms with van der Waals surface area (Å²) < 4.78 is 0. The Labute approximate surface area is 75.3 Å². The number of hydrogen-bond donors (Lipinski definition) is 1. The lowest BCUT2D eigenvalue weighted by Gasteiger charge is -2.07. The zero-order valence-electron chi connectivity index (χ0n) is 6.76. The van der Waals surface area contributed by atoms with Crippen molar-refractivity contribution in [2.75, 3.05) is 5.32 Å². The number of rotatable bonds is 0. The summed E-state index contributed by atoms with van der Waals surface area (Å²) in [6.07, 6.45) is 5.72. The van der Waals surface area contributed by atoms with Crippen LogP contribution >= 0.6 is 11.3 Å². The molecule has 0 radical (unpaired) electrons. The Balaban J connectivity index is 2.17. The van der Waals surface area contributed by atoms with Crippen molar-refractivity contribution >= 4 is 22.7 Å². The standard InChI is InChI=1S/C9H10N2S/c1-2-6-7-4-10-5-11-9(7)12-8(6)3-1/h5H,1-4H2,(H,10,11). The van der Waals surface area contributed by atoms with E-state index in [4.69, 9.17) is 0 Å². The van der Waals surface area contributed by atoms with Crippen LogP contribution in [-0.4, -0.2) is 6.34 Å². The van der Waals surface area contributed by atoms with Crippen LogP contribution in [0.25, 0.3) is 0 Å². The third-order valence-electron chi connectivity index (χ3n) is 2.57. The van der Waals surface area contributed by atoms with Crippen LogP contribution < -0.4 is 5.32 Å². The number of anilines is 1. The molecular weight excluding hydrogens is 168 g/mol. The van der Waals surface area contributed by atoms with E-state index in [-0.39, 0.29) is 0 Å². The molecule has 1 aliphatic heterocycles. The molecule has 0 atom stereocenters. The van der Waals surface area contributed by atoms with Crippen LogP contribution in [0.1, 0.15) is 22.4 Å². The van der Waals surface area contributed by atoms with Gasteiger partial charge in [-0.1, -0.05) is 0 Å². The molecule has 12 heavy (non-hydrogen) atoms. The average molecular weight is 178 g/mol. The lowest BCUT2D eigenvalue weighted by Crippen LogP contribution is -2.02. The molecule has 2 aliphatic rings. The van der Waals surface area contributed by atoms with Gasteiger partial charge in [0.25, 0.3) is 0 Å². The van der Waals surface area contributed by atoms with Gasteiger partial charge in [-0.05, 0) is 24.8 Å². The van der Waals surface area contributed by atoms with Gasteiger partial charge >= 0.3 is 0 Å². The van der Waals surface area contributed by atoms with Crippen molar-refractivity contribution in [1.29, 1.82) is 0 Å². The summed E-state index contributed by atoms with van der Waals surface area (Å²) >= 11 is 1.92. The topological polar surface area (TPSA) is 24.4 Å². The second kappa shape index (κ2) is 2.33. The van der Waals surface area contributed by atoms with Gasteiger partial charge in [-0.25, -0.2) is 0 Å². The van der Waals surface area contributed by atoms with Crippen molar-refractivity contribution in [3.05, 3.63) is 16.0 Å². The molecular formula is C9H10N2S. The molecule has 1 aliphatic carbocycles. The molecule has 0 bridgehead atoms. The molecule has 1 N–H and O–H groups in total. The molecule has 3 rings (SSSR count). The molecule has 2 heterocycles. The normalized spacial score (nSPS) is 18.7. The largest absolute Gasteiger partial charge is 0.338 e. The Morgan fingerprint density at radius 3 is 3.33 bits per heavy atom. The number of nitrogens with one attached hydrogen (secondary N) is 1. The van der Waals surface area contributed by atoms with Crippen LogP contribution in [0.2, 0.25) is 0 Å². The molecule has 62 valence electrons. The predicted octanol–water partition coefficient (Wildman–Crippen LogP) is 2.19. The first-order valence-electron chi connectivity index (χ1n) is 4.33. The highest BCUT2D eigenvalue weighted by atomic mass is 32.1. The maximum atomic E-state index is 4.24. The predicted molar refractivity (Wildman–Crippen MR) is 52.2 cm³/mol. The monoisotopic (exact) mass is 178 g/mol. The maximum Gasteiger partial charge on any atom is 0.0990 e. The molecule has 2 nitrogen and oxygen atoms in total. The molecule has 0 aromatic carbocycles. The minimum Gasteiger partial charge on any atom is -0.338 e. The van der Waals surface area contributed by atoms with E-state index in [1.165, 1.54) is 29.8 Å². The number of aryl methyl sites for hydroxylation is 1. The summed E-state index contributed by atoms with van der Waals surface area (Å²) in [5.74, 6) is 0.